The van der Waals surface area contributed by atoms with Crippen LogP contribution < -0.4 is 0 Å². The molecule has 2 amide bonds. The lowest BCUT2D eigenvalue weighted by Gasteiger charge is -2.44. The predicted molar refractivity (Wildman–Crippen MR) is 135 cm³/mol. The molecular weight excluding hydrogens is 540 g/mol. The van der Waals surface area contributed by atoms with Crippen LogP contribution >= 0.6 is 11.6 Å². The second-order valence-electron chi connectivity index (χ2n) is 9.92. The Hall–Kier alpha value is -2.71. The van der Waals surface area contributed by atoms with E-state index in [0.717, 1.165) is 4.31 Å². The van der Waals surface area contributed by atoms with Crippen LogP contribution in [0.1, 0.15) is 19.8 Å². The van der Waals surface area contributed by atoms with E-state index in [1.54, 1.807) is 23.1 Å². The van der Waals surface area contributed by atoms with Crippen LogP contribution in [0.25, 0.3) is 10.9 Å². The minimum absolute atomic E-state index is 0.0420. The van der Waals surface area contributed by atoms with Gasteiger partial charge in [-0.15, -0.1) is 0 Å². The largest absolute Gasteiger partial charge is 0.467 e. The molecule has 3 aliphatic rings. The quantitative estimate of drug-likeness (QED) is 0.508. The zero-order valence-corrected chi connectivity index (χ0v) is 22.6. The number of sulfonamides is 1. The predicted octanol–water partition coefficient (Wildman–Crippen LogP) is 0.951. The Kier molecular flexibility index (Phi) is 6.93. The lowest BCUT2D eigenvalue weighted by molar-refractivity contribution is -0.202. The first-order chi connectivity index (χ1) is 18.0. The fourth-order valence-corrected chi connectivity index (χ4v) is 7.07. The number of likely N-dealkylation sites (tertiary alicyclic amines) is 1. The van der Waals surface area contributed by atoms with Crippen molar-refractivity contribution >= 4 is 50.3 Å². The zero-order chi connectivity index (χ0) is 27.3. The first kappa shape index (κ1) is 26.9. The number of hydrogen-bond donors (Lipinski definition) is 1. The third-order valence-corrected chi connectivity index (χ3v) is 9.40. The van der Waals surface area contributed by atoms with Gasteiger partial charge in [-0.3, -0.25) is 9.59 Å². The summed E-state index contributed by atoms with van der Waals surface area (Å²) in [4.78, 5) is 43.1. The van der Waals surface area contributed by atoms with Gasteiger partial charge in [-0.2, -0.15) is 4.31 Å². The molecule has 12 nitrogen and oxygen atoms in total. The van der Waals surface area contributed by atoms with E-state index in [0.29, 0.717) is 41.9 Å². The summed E-state index contributed by atoms with van der Waals surface area (Å²) in [6.45, 7) is 1.45. The van der Waals surface area contributed by atoms with Crippen LogP contribution in [0.4, 0.5) is 0 Å². The highest BCUT2D eigenvalue weighted by Gasteiger charge is 2.61. The summed E-state index contributed by atoms with van der Waals surface area (Å²) in [6.07, 6.45) is 0.954. The second kappa shape index (κ2) is 9.79. The van der Waals surface area contributed by atoms with Gasteiger partial charge in [0.25, 0.3) is 10.0 Å². The number of piperidine rings is 1. The lowest BCUT2D eigenvalue weighted by Crippen LogP contribution is -2.65. The van der Waals surface area contributed by atoms with E-state index in [9.17, 15) is 22.8 Å². The molecule has 3 saturated heterocycles. The molecule has 3 fully saturated rings. The highest BCUT2D eigenvalue weighted by Crippen LogP contribution is 2.44. The summed E-state index contributed by atoms with van der Waals surface area (Å²) in [5, 5.41) is 1.00. The minimum Gasteiger partial charge on any atom is -0.467 e. The number of fused-ring (bicyclic) bond motifs is 2. The van der Waals surface area contributed by atoms with Crippen molar-refractivity contribution in [2.75, 3.05) is 53.0 Å². The average Bonchev–Trinajstić information content (AvgIpc) is 3.44. The molecule has 0 radical (unpaired) electrons. The highest BCUT2D eigenvalue weighted by atomic mass is 35.5. The molecule has 1 spiro atoms. The normalized spacial score (nSPS) is 23.7. The molecule has 206 valence electrons. The van der Waals surface area contributed by atoms with E-state index in [-0.39, 0.29) is 43.8 Å². The monoisotopic (exact) mass is 568 g/mol. The molecule has 4 heterocycles. The Morgan fingerprint density at radius 1 is 1.18 bits per heavy atom. The first-order valence-corrected chi connectivity index (χ1v) is 14.0. The Morgan fingerprint density at radius 3 is 2.61 bits per heavy atom. The third kappa shape index (κ3) is 4.77. The van der Waals surface area contributed by atoms with Crippen LogP contribution in [0.15, 0.2) is 29.3 Å². The second-order valence-corrected chi connectivity index (χ2v) is 12.3. The molecule has 1 N–H and O–H groups in total. The molecule has 0 aliphatic carbocycles. The Bertz CT molecular complexity index is 1390. The van der Waals surface area contributed by atoms with Crippen LogP contribution in [-0.2, 0) is 38.6 Å². The minimum atomic E-state index is -4.15. The number of amides is 2. The fourth-order valence-electron chi connectivity index (χ4n) is 5.44. The van der Waals surface area contributed by atoms with Gasteiger partial charge in [0.05, 0.1) is 39.0 Å². The van der Waals surface area contributed by atoms with E-state index < -0.39 is 33.2 Å². The van der Waals surface area contributed by atoms with Gasteiger partial charge in [-0.05, 0) is 37.1 Å². The van der Waals surface area contributed by atoms with Gasteiger partial charge in [0.1, 0.15) is 11.6 Å². The summed E-state index contributed by atoms with van der Waals surface area (Å²) < 4.78 is 45.3. The van der Waals surface area contributed by atoms with Gasteiger partial charge in [0.15, 0.2) is 5.72 Å². The highest BCUT2D eigenvalue weighted by molar-refractivity contribution is 7.89. The van der Waals surface area contributed by atoms with Crippen molar-refractivity contribution in [1.82, 2.24) is 19.1 Å². The van der Waals surface area contributed by atoms with E-state index in [1.165, 1.54) is 25.0 Å². The summed E-state index contributed by atoms with van der Waals surface area (Å²) >= 11 is 6.06. The summed E-state index contributed by atoms with van der Waals surface area (Å²) in [5.74, 6) is -1.09. The van der Waals surface area contributed by atoms with Gasteiger partial charge in [-0.25, -0.2) is 13.2 Å². The van der Waals surface area contributed by atoms with Crippen LogP contribution in [0.2, 0.25) is 5.02 Å². The number of hydrogen-bond acceptors (Lipinski definition) is 8. The summed E-state index contributed by atoms with van der Waals surface area (Å²) in [5.41, 5.74) is -1.64. The van der Waals surface area contributed by atoms with Crippen molar-refractivity contribution in [2.45, 2.75) is 36.1 Å². The summed E-state index contributed by atoms with van der Waals surface area (Å²) in [7, 11) is -2.92. The lowest BCUT2D eigenvalue weighted by atomic mass is 9.91. The molecule has 1 atom stereocenters. The number of aromatic amines is 1. The van der Waals surface area contributed by atoms with Crippen molar-refractivity contribution in [3.05, 3.63) is 29.3 Å². The van der Waals surface area contributed by atoms with E-state index in [2.05, 4.69) is 9.72 Å². The van der Waals surface area contributed by atoms with E-state index in [1.807, 2.05) is 0 Å². The Labute approximate surface area is 224 Å². The average molecular weight is 569 g/mol. The number of nitrogens with one attached hydrogen (secondary N) is 1. The van der Waals surface area contributed by atoms with Gasteiger partial charge in [0.2, 0.25) is 11.8 Å². The van der Waals surface area contributed by atoms with Gasteiger partial charge < -0.3 is 29.0 Å². The maximum Gasteiger partial charge on any atom is 0.331 e. The Balaban J connectivity index is 1.45. The van der Waals surface area contributed by atoms with Crippen molar-refractivity contribution in [2.24, 2.45) is 0 Å². The van der Waals surface area contributed by atoms with Crippen molar-refractivity contribution in [3.63, 3.8) is 0 Å². The summed E-state index contributed by atoms with van der Waals surface area (Å²) in [6, 6.07) is 6.45. The van der Waals surface area contributed by atoms with Gasteiger partial charge in [-0.1, -0.05) is 11.6 Å². The number of rotatable bonds is 6. The number of carbonyl (C=O) groups is 3. The molecule has 1 aromatic carbocycles. The molecule has 0 bridgehead atoms. The molecule has 38 heavy (non-hydrogen) atoms. The van der Waals surface area contributed by atoms with Crippen LogP contribution in [0.3, 0.4) is 0 Å². The topological polar surface area (TPSA) is 139 Å². The number of ether oxygens (including phenoxy) is 3. The molecule has 5 rings (SSSR count). The van der Waals surface area contributed by atoms with Crippen LogP contribution in [-0.4, -0.2) is 110 Å². The van der Waals surface area contributed by atoms with Crippen LogP contribution in [0, 0.1) is 0 Å². The standard InChI is InChI=1S/C24H29ClN4O8S/c1-16(30)27-7-5-23(6-8-27)13-29-21(31)11-28(14-24(29,37-23)15-36-12-22(32)35-2)38(33,34)20-10-17-9-18(25)3-4-19(17)26-20/h3-4,9-10,26H,5-8,11-15H2,1-2H3. The third-order valence-electron chi connectivity index (χ3n) is 7.45. The number of aromatic nitrogens is 1. The fraction of sp³-hybridized carbons (Fsp3) is 0.542. The molecule has 0 saturated carbocycles. The van der Waals surface area contributed by atoms with Crippen LogP contribution in [0.5, 0.6) is 0 Å². The molecular formula is C24H29ClN4O8S. The molecule has 1 unspecified atom stereocenters. The number of nitrogens with zero attached hydrogens (tertiary/aromatic N) is 3. The zero-order valence-electron chi connectivity index (χ0n) is 21.1. The van der Waals surface area contributed by atoms with Gasteiger partial charge >= 0.3 is 5.97 Å². The van der Waals surface area contributed by atoms with E-state index in [4.69, 9.17) is 21.1 Å². The SMILES string of the molecule is COC(=O)COCC12CN(S(=O)(=O)c3cc4cc(Cl)ccc4[nH]3)CC(=O)N1CC1(CCN(C(C)=O)CC1)O2. The van der Waals surface area contributed by atoms with Crippen molar-refractivity contribution in [1.29, 1.82) is 0 Å². The maximum absolute atomic E-state index is 13.7. The number of H-pyrrole nitrogens is 1. The van der Waals surface area contributed by atoms with Gasteiger partial charge in [0, 0.05) is 35.9 Å². The number of halogens is 1. The molecule has 1 aromatic heterocycles. The molecule has 3 aliphatic heterocycles. The molecule has 14 heteroatoms. The smallest absolute Gasteiger partial charge is 0.331 e. The number of methoxy groups -OCH3 is 1. The van der Waals surface area contributed by atoms with E-state index >= 15 is 0 Å². The van der Waals surface area contributed by atoms with Crippen molar-refractivity contribution in [3.8, 4) is 0 Å². The number of esters is 1. The Morgan fingerprint density at radius 2 is 1.92 bits per heavy atom. The number of piperazine rings is 1. The maximum atomic E-state index is 13.7. The molecule has 2 aromatic rings. The first-order valence-electron chi connectivity index (χ1n) is 12.2. The van der Waals surface area contributed by atoms with Crippen molar-refractivity contribution < 1.29 is 37.0 Å². The number of carbonyl (C=O) groups excluding carboxylic acids is 3. The number of benzene rings is 1.